The Bertz CT molecular complexity index is 991. The number of hydrogen-bond acceptors (Lipinski definition) is 3. The molecule has 1 aromatic heterocycles. The largest absolute Gasteiger partial charge is 0.367 e. The summed E-state index contributed by atoms with van der Waals surface area (Å²) in [5.41, 5.74) is 1.23. The molecule has 5 heteroatoms. The molecule has 4 aromatic rings. The van der Waals surface area contributed by atoms with E-state index in [0.717, 1.165) is 5.82 Å². The van der Waals surface area contributed by atoms with Crippen molar-refractivity contribution < 1.29 is 0 Å². The molecule has 0 aliphatic heterocycles. The maximum Gasteiger partial charge on any atom is 0.146 e. The van der Waals surface area contributed by atoms with E-state index >= 15 is 0 Å². The number of anilines is 1. The van der Waals surface area contributed by atoms with Gasteiger partial charge < -0.3 is 4.90 Å². The Morgan fingerprint density at radius 2 is 1.39 bits per heavy atom. The fraction of sp³-hybridized carbons (Fsp3) is 0.130. The molecule has 0 saturated carbocycles. The van der Waals surface area contributed by atoms with Crippen molar-refractivity contribution in [2.75, 3.05) is 11.9 Å². The molecule has 0 spiro atoms. The quantitative estimate of drug-likeness (QED) is 0.477. The van der Waals surface area contributed by atoms with Gasteiger partial charge in [-0.1, -0.05) is 78.9 Å². The van der Waals surface area contributed by atoms with Gasteiger partial charge in [-0.15, -0.1) is 0 Å². The Morgan fingerprint density at radius 3 is 1.96 bits per heavy atom. The highest BCUT2D eigenvalue weighted by molar-refractivity contribution is 7.80. The lowest BCUT2D eigenvalue weighted by atomic mass is 10.3. The maximum absolute atomic E-state index is 4.39. The molecule has 0 aliphatic rings. The minimum absolute atomic E-state index is 0.655. The second-order valence-electron chi connectivity index (χ2n) is 6.65. The van der Waals surface area contributed by atoms with Crippen molar-refractivity contribution in [3.05, 3.63) is 97.1 Å². The number of benzene rings is 3. The van der Waals surface area contributed by atoms with Crippen LogP contribution in [-0.2, 0) is 13.6 Å². The van der Waals surface area contributed by atoms with E-state index in [-0.39, 0.29) is 0 Å². The summed E-state index contributed by atoms with van der Waals surface area (Å²) in [7, 11) is 3.40. The molecule has 1 heterocycles. The second kappa shape index (κ2) is 8.37. The Labute approximate surface area is 167 Å². The first-order valence-corrected chi connectivity index (χ1v) is 10.6. The molecule has 140 valence electrons. The van der Waals surface area contributed by atoms with Gasteiger partial charge in [-0.2, -0.15) is 5.10 Å². The van der Waals surface area contributed by atoms with E-state index in [4.69, 9.17) is 0 Å². The summed E-state index contributed by atoms with van der Waals surface area (Å²) in [6, 6.07) is 30.3. The monoisotopic (exact) mass is 386 g/mol. The van der Waals surface area contributed by atoms with Crippen LogP contribution in [0.25, 0.3) is 0 Å². The fourth-order valence-electron chi connectivity index (χ4n) is 3.32. The Kier molecular flexibility index (Phi) is 5.50. The lowest BCUT2D eigenvalue weighted by Gasteiger charge is -2.27. The maximum atomic E-state index is 4.39. The highest BCUT2D eigenvalue weighted by atomic mass is 31.1. The summed E-state index contributed by atoms with van der Waals surface area (Å²) < 4.78 is 1.83. The summed E-state index contributed by atoms with van der Waals surface area (Å²) in [6.07, 6.45) is 1.61. The van der Waals surface area contributed by atoms with E-state index in [1.165, 1.54) is 21.6 Å². The fourth-order valence-corrected chi connectivity index (χ4v) is 5.82. The van der Waals surface area contributed by atoms with Gasteiger partial charge in [0.25, 0.3) is 0 Å². The summed E-state index contributed by atoms with van der Waals surface area (Å²) in [4.78, 5) is 6.65. The summed E-state index contributed by atoms with van der Waals surface area (Å²) >= 11 is 0. The standard InChI is InChI=1S/C23H23N4P/c1-26(17-23-24-18-25-27(23)2)21-15-9-10-16-22(21)28(19-11-5-3-6-12-19)20-13-7-4-8-14-20/h3-16,18H,17H2,1-2H3. The number of rotatable bonds is 6. The van der Waals surface area contributed by atoms with Crippen LogP contribution in [0.4, 0.5) is 5.69 Å². The SMILES string of the molecule is CN(Cc1ncnn1C)c1ccccc1P(c1ccccc1)c1ccccc1. The normalized spacial score (nSPS) is 11.0. The van der Waals surface area contributed by atoms with Crippen LogP contribution in [0.5, 0.6) is 0 Å². The second-order valence-corrected chi connectivity index (χ2v) is 8.84. The zero-order valence-corrected chi connectivity index (χ0v) is 17.0. The van der Waals surface area contributed by atoms with Gasteiger partial charge in [-0.25, -0.2) is 4.98 Å². The molecule has 0 radical (unpaired) electrons. The lowest BCUT2D eigenvalue weighted by molar-refractivity contribution is 0.689. The van der Waals surface area contributed by atoms with Crippen molar-refractivity contribution in [1.82, 2.24) is 14.8 Å². The van der Waals surface area contributed by atoms with Gasteiger partial charge >= 0.3 is 0 Å². The molecule has 0 N–H and O–H groups in total. The molecule has 28 heavy (non-hydrogen) atoms. The van der Waals surface area contributed by atoms with Gasteiger partial charge in [0, 0.05) is 25.1 Å². The zero-order chi connectivity index (χ0) is 19.3. The first kappa shape index (κ1) is 18.4. The zero-order valence-electron chi connectivity index (χ0n) is 16.1. The van der Waals surface area contributed by atoms with Gasteiger partial charge in [0.1, 0.15) is 12.2 Å². The predicted molar refractivity (Wildman–Crippen MR) is 118 cm³/mol. The van der Waals surface area contributed by atoms with Crippen molar-refractivity contribution in [3.63, 3.8) is 0 Å². The van der Waals surface area contributed by atoms with Gasteiger partial charge in [-0.3, -0.25) is 4.68 Å². The van der Waals surface area contributed by atoms with Crippen LogP contribution >= 0.6 is 7.92 Å². The minimum Gasteiger partial charge on any atom is -0.367 e. The van der Waals surface area contributed by atoms with Crippen molar-refractivity contribution >= 4 is 29.5 Å². The minimum atomic E-state index is -0.655. The molecule has 0 amide bonds. The predicted octanol–water partition coefficient (Wildman–Crippen LogP) is 3.21. The molecule has 3 aromatic carbocycles. The lowest BCUT2D eigenvalue weighted by Crippen LogP contribution is -2.28. The Morgan fingerprint density at radius 1 is 0.821 bits per heavy atom. The van der Waals surface area contributed by atoms with Crippen LogP contribution in [0.15, 0.2) is 91.3 Å². The third-order valence-corrected chi connectivity index (χ3v) is 7.24. The van der Waals surface area contributed by atoms with E-state index < -0.39 is 7.92 Å². The highest BCUT2D eigenvalue weighted by Crippen LogP contribution is 2.36. The number of aromatic nitrogens is 3. The van der Waals surface area contributed by atoms with Gasteiger partial charge in [0.2, 0.25) is 0 Å². The summed E-state index contributed by atoms with van der Waals surface area (Å²) in [5, 5.41) is 8.25. The van der Waals surface area contributed by atoms with E-state index in [2.05, 4.69) is 107 Å². The molecule has 0 atom stereocenters. The van der Waals surface area contributed by atoms with Gasteiger partial charge in [-0.05, 0) is 24.6 Å². The van der Waals surface area contributed by atoms with E-state index in [0.29, 0.717) is 6.54 Å². The van der Waals surface area contributed by atoms with Crippen molar-refractivity contribution in [1.29, 1.82) is 0 Å². The van der Waals surface area contributed by atoms with Crippen molar-refractivity contribution in [2.24, 2.45) is 7.05 Å². The van der Waals surface area contributed by atoms with Crippen LogP contribution in [-0.4, -0.2) is 21.8 Å². The number of aryl methyl sites for hydroxylation is 1. The van der Waals surface area contributed by atoms with Crippen LogP contribution in [0.1, 0.15) is 5.82 Å². The average Bonchev–Trinajstić information content (AvgIpc) is 3.14. The third kappa shape index (κ3) is 3.83. The van der Waals surface area contributed by atoms with Crippen LogP contribution in [0.3, 0.4) is 0 Å². The van der Waals surface area contributed by atoms with Gasteiger partial charge in [0.05, 0.1) is 6.54 Å². The first-order valence-electron chi connectivity index (χ1n) is 9.27. The van der Waals surface area contributed by atoms with E-state index in [9.17, 15) is 0 Å². The van der Waals surface area contributed by atoms with Crippen LogP contribution in [0.2, 0.25) is 0 Å². The van der Waals surface area contributed by atoms with Crippen LogP contribution < -0.4 is 20.8 Å². The molecule has 0 fully saturated rings. The van der Waals surface area contributed by atoms with E-state index in [1.54, 1.807) is 6.33 Å². The molecular weight excluding hydrogens is 363 g/mol. The summed E-state index contributed by atoms with van der Waals surface area (Å²) in [5.74, 6) is 0.945. The molecular formula is C23H23N4P. The number of nitrogens with zero attached hydrogens (tertiary/aromatic N) is 4. The first-order chi connectivity index (χ1) is 13.7. The molecule has 0 bridgehead atoms. The Hall–Kier alpha value is -2.97. The molecule has 4 nitrogen and oxygen atoms in total. The smallest absolute Gasteiger partial charge is 0.146 e. The molecule has 4 rings (SSSR count). The van der Waals surface area contributed by atoms with Crippen molar-refractivity contribution in [3.8, 4) is 0 Å². The highest BCUT2D eigenvalue weighted by Gasteiger charge is 2.21. The topological polar surface area (TPSA) is 34.0 Å². The van der Waals surface area contributed by atoms with Crippen LogP contribution in [0, 0.1) is 0 Å². The van der Waals surface area contributed by atoms with Gasteiger partial charge in [0.15, 0.2) is 0 Å². The average molecular weight is 386 g/mol. The number of para-hydroxylation sites is 1. The molecule has 0 saturated heterocycles. The molecule has 0 aliphatic carbocycles. The molecule has 0 unspecified atom stereocenters. The summed E-state index contributed by atoms with van der Waals surface area (Å²) in [6.45, 7) is 0.709. The van der Waals surface area contributed by atoms with E-state index in [1.807, 2.05) is 11.7 Å². The number of hydrogen-bond donors (Lipinski definition) is 0. The third-order valence-electron chi connectivity index (χ3n) is 4.75. The van der Waals surface area contributed by atoms with Crippen molar-refractivity contribution in [2.45, 2.75) is 6.54 Å². The Balaban J connectivity index is 1.78.